The number of nitrogens with one attached hydrogen (secondary N) is 1. The molecule has 1 aliphatic carbocycles. The highest BCUT2D eigenvalue weighted by Gasteiger charge is 2.30. The molecule has 0 spiro atoms. The Balaban J connectivity index is 1.92. The van der Waals surface area contributed by atoms with E-state index in [1.807, 2.05) is 18.2 Å². The van der Waals surface area contributed by atoms with Crippen molar-refractivity contribution < 1.29 is 0 Å². The third kappa shape index (κ3) is 3.20. The summed E-state index contributed by atoms with van der Waals surface area (Å²) in [5.74, 6) is 1.64. The van der Waals surface area contributed by atoms with E-state index in [1.165, 1.54) is 19.3 Å². The number of hydrogen-bond acceptors (Lipinski definition) is 1. The zero-order valence-electron chi connectivity index (χ0n) is 11.0. The van der Waals surface area contributed by atoms with E-state index in [0.717, 1.165) is 29.0 Å². The molecule has 1 aromatic rings. The van der Waals surface area contributed by atoms with Crippen LogP contribution in [0.2, 0.25) is 10.0 Å². The molecule has 1 saturated carbocycles. The minimum absolute atomic E-state index is 0.627. The third-order valence-electron chi connectivity index (χ3n) is 4.32. The van der Waals surface area contributed by atoms with Crippen LogP contribution in [0.5, 0.6) is 0 Å². The summed E-state index contributed by atoms with van der Waals surface area (Å²) in [4.78, 5) is 0. The summed E-state index contributed by atoms with van der Waals surface area (Å²) in [5, 5.41) is 5.10. The van der Waals surface area contributed by atoms with Crippen molar-refractivity contribution in [3.05, 3.63) is 33.8 Å². The van der Waals surface area contributed by atoms with E-state index in [1.54, 1.807) is 0 Å². The SMILES string of the molecule is CCC1CCC(NCc2ccc(Cl)cc2Cl)C1C. The van der Waals surface area contributed by atoms with Gasteiger partial charge >= 0.3 is 0 Å². The molecular weight excluding hydrogens is 265 g/mol. The van der Waals surface area contributed by atoms with E-state index in [0.29, 0.717) is 11.1 Å². The fourth-order valence-electron chi connectivity index (χ4n) is 3.02. The van der Waals surface area contributed by atoms with Gasteiger partial charge in [-0.25, -0.2) is 0 Å². The van der Waals surface area contributed by atoms with Crippen molar-refractivity contribution in [3.63, 3.8) is 0 Å². The lowest BCUT2D eigenvalue weighted by molar-refractivity contribution is 0.344. The average molecular weight is 286 g/mol. The summed E-state index contributed by atoms with van der Waals surface area (Å²) < 4.78 is 0. The smallest absolute Gasteiger partial charge is 0.0465 e. The van der Waals surface area contributed by atoms with Crippen LogP contribution in [-0.4, -0.2) is 6.04 Å². The Hall–Kier alpha value is -0.240. The molecule has 1 N–H and O–H groups in total. The summed E-state index contributed by atoms with van der Waals surface area (Å²) in [6, 6.07) is 6.35. The molecule has 3 atom stereocenters. The lowest BCUT2D eigenvalue weighted by Gasteiger charge is -2.21. The van der Waals surface area contributed by atoms with Gasteiger partial charge in [-0.1, -0.05) is 49.5 Å². The van der Waals surface area contributed by atoms with Gasteiger partial charge in [0, 0.05) is 22.6 Å². The van der Waals surface area contributed by atoms with Crippen LogP contribution < -0.4 is 5.32 Å². The molecule has 0 aromatic heterocycles. The van der Waals surface area contributed by atoms with Crippen LogP contribution in [0.4, 0.5) is 0 Å². The van der Waals surface area contributed by atoms with Crippen LogP contribution in [-0.2, 0) is 6.54 Å². The molecule has 18 heavy (non-hydrogen) atoms. The molecule has 1 nitrogen and oxygen atoms in total. The van der Waals surface area contributed by atoms with Gasteiger partial charge in [-0.05, 0) is 42.4 Å². The lowest BCUT2D eigenvalue weighted by atomic mass is 9.93. The largest absolute Gasteiger partial charge is 0.310 e. The molecule has 0 saturated heterocycles. The quantitative estimate of drug-likeness (QED) is 0.829. The summed E-state index contributed by atoms with van der Waals surface area (Å²) in [5.41, 5.74) is 1.13. The van der Waals surface area contributed by atoms with Crippen molar-refractivity contribution in [3.8, 4) is 0 Å². The maximum Gasteiger partial charge on any atom is 0.0465 e. The molecule has 1 fully saturated rings. The first kappa shape index (κ1) is 14.2. The van der Waals surface area contributed by atoms with E-state index >= 15 is 0 Å². The third-order valence-corrected chi connectivity index (χ3v) is 4.91. The Morgan fingerprint density at radius 3 is 2.67 bits per heavy atom. The molecule has 0 radical (unpaired) electrons. The van der Waals surface area contributed by atoms with Gasteiger partial charge in [0.25, 0.3) is 0 Å². The number of halogens is 2. The highest BCUT2D eigenvalue weighted by Crippen LogP contribution is 2.34. The molecule has 1 aliphatic rings. The molecule has 3 unspecified atom stereocenters. The number of hydrogen-bond donors (Lipinski definition) is 1. The minimum Gasteiger partial charge on any atom is -0.310 e. The second kappa shape index (κ2) is 6.27. The van der Waals surface area contributed by atoms with Crippen molar-refractivity contribution >= 4 is 23.2 Å². The van der Waals surface area contributed by atoms with Gasteiger partial charge in [0.2, 0.25) is 0 Å². The van der Waals surface area contributed by atoms with Gasteiger partial charge in [0.15, 0.2) is 0 Å². The van der Waals surface area contributed by atoms with Gasteiger partial charge in [-0.2, -0.15) is 0 Å². The Morgan fingerprint density at radius 1 is 1.28 bits per heavy atom. The van der Waals surface area contributed by atoms with Crippen LogP contribution >= 0.6 is 23.2 Å². The van der Waals surface area contributed by atoms with E-state index in [-0.39, 0.29) is 0 Å². The number of rotatable bonds is 4. The Labute approximate surface area is 120 Å². The Bertz CT molecular complexity index is 405. The van der Waals surface area contributed by atoms with Crippen molar-refractivity contribution in [2.45, 2.75) is 45.7 Å². The Kier molecular flexibility index (Phi) is 4.94. The molecule has 0 amide bonds. The van der Waals surface area contributed by atoms with Crippen molar-refractivity contribution in [2.24, 2.45) is 11.8 Å². The second-order valence-electron chi connectivity index (χ2n) is 5.33. The topological polar surface area (TPSA) is 12.0 Å². The monoisotopic (exact) mass is 285 g/mol. The normalized spacial score (nSPS) is 27.7. The second-order valence-corrected chi connectivity index (χ2v) is 6.17. The van der Waals surface area contributed by atoms with Gasteiger partial charge in [0.1, 0.15) is 0 Å². The molecule has 2 rings (SSSR count). The highest BCUT2D eigenvalue weighted by molar-refractivity contribution is 6.35. The fourth-order valence-corrected chi connectivity index (χ4v) is 3.49. The van der Waals surface area contributed by atoms with Gasteiger partial charge in [0.05, 0.1) is 0 Å². The minimum atomic E-state index is 0.627. The number of benzene rings is 1. The molecule has 0 bridgehead atoms. The lowest BCUT2D eigenvalue weighted by Crippen LogP contribution is -2.32. The first-order valence-electron chi connectivity index (χ1n) is 6.79. The summed E-state index contributed by atoms with van der Waals surface area (Å²) in [7, 11) is 0. The fraction of sp³-hybridized carbons (Fsp3) is 0.600. The summed E-state index contributed by atoms with van der Waals surface area (Å²) >= 11 is 12.1. The van der Waals surface area contributed by atoms with Gasteiger partial charge in [-0.15, -0.1) is 0 Å². The molecular formula is C15H21Cl2N. The van der Waals surface area contributed by atoms with Crippen LogP contribution in [0.3, 0.4) is 0 Å². The van der Waals surface area contributed by atoms with Gasteiger partial charge in [-0.3, -0.25) is 0 Å². The van der Waals surface area contributed by atoms with E-state index in [4.69, 9.17) is 23.2 Å². The maximum atomic E-state index is 6.18. The molecule has 1 aromatic carbocycles. The first-order chi connectivity index (χ1) is 8.61. The predicted molar refractivity (Wildman–Crippen MR) is 79.3 cm³/mol. The van der Waals surface area contributed by atoms with Gasteiger partial charge < -0.3 is 5.32 Å². The van der Waals surface area contributed by atoms with Crippen LogP contribution in [0.25, 0.3) is 0 Å². The molecule has 0 aliphatic heterocycles. The molecule has 3 heteroatoms. The van der Waals surface area contributed by atoms with E-state index < -0.39 is 0 Å². The first-order valence-corrected chi connectivity index (χ1v) is 7.54. The zero-order chi connectivity index (χ0) is 13.1. The summed E-state index contributed by atoms with van der Waals surface area (Å²) in [6.45, 7) is 5.49. The predicted octanol–water partition coefficient (Wildman–Crippen LogP) is 4.91. The molecule has 100 valence electrons. The standard InChI is InChI=1S/C15H21Cl2N/c1-3-11-5-7-15(10(11)2)18-9-12-4-6-13(16)8-14(12)17/h4,6,8,10-11,15,18H,3,5,7,9H2,1-2H3. The van der Waals surface area contributed by atoms with Crippen molar-refractivity contribution in [1.82, 2.24) is 5.32 Å². The highest BCUT2D eigenvalue weighted by atomic mass is 35.5. The average Bonchev–Trinajstić information content (AvgIpc) is 2.69. The van der Waals surface area contributed by atoms with E-state index in [9.17, 15) is 0 Å². The van der Waals surface area contributed by atoms with Crippen LogP contribution in [0.1, 0.15) is 38.7 Å². The van der Waals surface area contributed by atoms with Crippen molar-refractivity contribution in [1.29, 1.82) is 0 Å². The molecule has 0 heterocycles. The maximum absolute atomic E-state index is 6.18. The zero-order valence-corrected chi connectivity index (χ0v) is 12.6. The summed E-state index contributed by atoms with van der Waals surface area (Å²) in [6.07, 6.45) is 3.93. The Morgan fingerprint density at radius 2 is 2.06 bits per heavy atom. The van der Waals surface area contributed by atoms with Crippen LogP contribution in [0, 0.1) is 11.8 Å². The van der Waals surface area contributed by atoms with Crippen LogP contribution in [0.15, 0.2) is 18.2 Å². The van der Waals surface area contributed by atoms with Crippen molar-refractivity contribution in [2.75, 3.05) is 0 Å². The van der Waals surface area contributed by atoms with E-state index in [2.05, 4.69) is 19.2 Å².